The van der Waals surface area contributed by atoms with Gasteiger partial charge in [-0.05, 0) is 47.9 Å². The van der Waals surface area contributed by atoms with Crippen molar-refractivity contribution in [1.82, 2.24) is 9.88 Å². The molecule has 1 aliphatic heterocycles. The second-order valence-electron chi connectivity index (χ2n) is 7.25. The predicted molar refractivity (Wildman–Crippen MR) is 113 cm³/mol. The Labute approximate surface area is 172 Å². The third-order valence-corrected chi connectivity index (χ3v) is 5.84. The largest absolute Gasteiger partial charge is 0.356 e. The Morgan fingerprint density at radius 1 is 1.00 bits per heavy atom. The lowest BCUT2D eigenvalue weighted by atomic mass is 9.91. The zero-order chi connectivity index (χ0) is 20.0. The molecule has 0 spiro atoms. The molecule has 5 heteroatoms. The molecule has 29 heavy (non-hydrogen) atoms. The van der Waals surface area contributed by atoms with Gasteiger partial charge in [-0.15, -0.1) is 0 Å². The molecule has 0 radical (unpaired) electrons. The molecule has 144 valence electrons. The van der Waals surface area contributed by atoms with Crippen LogP contribution in [0.25, 0.3) is 10.9 Å². The van der Waals surface area contributed by atoms with Crippen LogP contribution < -0.4 is 0 Å². The zero-order valence-electron chi connectivity index (χ0n) is 15.5. The van der Waals surface area contributed by atoms with E-state index < -0.39 is 5.82 Å². The molecule has 0 fully saturated rings. The number of H-pyrrole nitrogens is 1. The number of halogens is 2. The summed E-state index contributed by atoms with van der Waals surface area (Å²) < 4.78 is 14.4. The normalized spacial score (nSPS) is 16.1. The topological polar surface area (TPSA) is 36.1 Å². The molecule has 0 unspecified atom stereocenters. The smallest absolute Gasteiger partial charge is 0.257 e. The van der Waals surface area contributed by atoms with Crippen molar-refractivity contribution in [3.8, 4) is 0 Å². The van der Waals surface area contributed by atoms with Crippen molar-refractivity contribution in [2.45, 2.75) is 12.5 Å². The average Bonchev–Trinajstić information content (AvgIpc) is 3.12. The fourth-order valence-electron chi connectivity index (χ4n) is 4.24. The van der Waals surface area contributed by atoms with E-state index in [4.69, 9.17) is 11.6 Å². The summed E-state index contributed by atoms with van der Waals surface area (Å²) in [6.07, 6.45) is 0.712. The van der Waals surface area contributed by atoms with Crippen molar-refractivity contribution in [2.75, 3.05) is 6.54 Å². The highest BCUT2D eigenvalue weighted by Crippen LogP contribution is 2.39. The molecule has 3 nitrogen and oxygen atoms in total. The quantitative estimate of drug-likeness (QED) is 0.453. The molecular formula is C24H18ClFN2O. The number of hydrogen-bond acceptors (Lipinski definition) is 1. The van der Waals surface area contributed by atoms with Crippen molar-refractivity contribution >= 4 is 28.4 Å². The highest BCUT2D eigenvalue weighted by Gasteiger charge is 2.35. The number of nitrogens with zero attached hydrogens (tertiary/aromatic N) is 1. The minimum Gasteiger partial charge on any atom is -0.356 e. The molecule has 0 aliphatic carbocycles. The van der Waals surface area contributed by atoms with Gasteiger partial charge < -0.3 is 9.88 Å². The van der Waals surface area contributed by atoms with Crippen LogP contribution in [0.3, 0.4) is 0 Å². The number of para-hydroxylation sites is 1. The van der Waals surface area contributed by atoms with Gasteiger partial charge in [0.15, 0.2) is 0 Å². The van der Waals surface area contributed by atoms with Gasteiger partial charge in [0.1, 0.15) is 5.82 Å². The molecular weight excluding hydrogens is 387 g/mol. The lowest BCUT2D eigenvalue weighted by molar-refractivity contribution is 0.0687. The van der Waals surface area contributed by atoms with Crippen molar-refractivity contribution < 1.29 is 9.18 Å². The van der Waals surface area contributed by atoms with Gasteiger partial charge in [0.05, 0.1) is 11.6 Å². The molecule has 5 rings (SSSR count). The number of aromatic nitrogens is 1. The fourth-order valence-corrected chi connectivity index (χ4v) is 4.37. The van der Waals surface area contributed by atoms with E-state index in [0.29, 0.717) is 18.0 Å². The molecule has 2 heterocycles. The van der Waals surface area contributed by atoms with Crippen LogP contribution in [0.5, 0.6) is 0 Å². The maximum atomic E-state index is 14.4. The zero-order valence-corrected chi connectivity index (χ0v) is 16.3. The standard InChI is InChI=1S/C24H18ClFN2O/c25-16-11-9-15(10-12-16)23-22-18(17-5-2-4-8-21(17)27-22)13-14-28(23)24(29)19-6-1-3-7-20(19)26/h1-12,23,27H,13-14H2/t23-/m0/s1. The van der Waals surface area contributed by atoms with Crippen LogP contribution in [0.1, 0.15) is 33.2 Å². The van der Waals surface area contributed by atoms with E-state index in [1.165, 1.54) is 23.1 Å². The number of hydrogen-bond donors (Lipinski definition) is 1. The molecule has 0 saturated heterocycles. The molecule has 4 aromatic rings. The Bertz CT molecular complexity index is 1220. The summed E-state index contributed by atoms with van der Waals surface area (Å²) in [6, 6.07) is 21.4. The Morgan fingerprint density at radius 3 is 2.52 bits per heavy atom. The molecule has 1 aromatic heterocycles. The summed E-state index contributed by atoms with van der Waals surface area (Å²) >= 11 is 6.09. The Kier molecular flexibility index (Phi) is 4.36. The highest BCUT2D eigenvalue weighted by atomic mass is 35.5. The Balaban J connectivity index is 1.68. The second-order valence-corrected chi connectivity index (χ2v) is 7.68. The van der Waals surface area contributed by atoms with Crippen LogP contribution in [-0.4, -0.2) is 22.3 Å². The number of aromatic amines is 1. The summed E-state index contributed by atoms with van der Waals surface area (Å²) in [5, 5.41) is 1.80. The van der Waals surface area contributed by atoms with Gasteiger partial charge >= 0.3 is 0 Å². The van der Waals surface area contributed by atoms with E-state index in [1.54, 1.807) is 17.0 Å². The van der Waals surface area contributed by atoms with Crippen LogP contribution in [0, 0.1) is 5.82 Å². The lowest BCUT2D eigenvalue weighted by Crippen LogP contribution is -2.41. The average molecular weight is 405 g/mol. The first-order valence-electron chi connectivity index (χ1n) is 9.54. The molecule has 3 aromatic carbocycles. The Hall–Kier alpha value is -3.11. The molecule has 1 atom stereocenters. The minimum absolute atomic E-state index is 0.0889. The first kappa shape index (κ1) is 18.0. The monoisotopic (exact) mass is 404 g/mol. The number of nitrogens with one attached hydrogen (secondary N) is 1. The van der Waals surface area contributed by atoms with E-state index in [9.17, 15) is 9.18 Å². The number of carbonyl (C=O) groups is 1. The third-order valence-electron chi connectivity index (χ3n) is 5.59. The maximum absolute atomic E-state index is 14.4. The van der Waals surface area contributed by atoms with E-state index in [-0.39, 0.29) is 17.5 Å². The first-order valence-corrected chi connectivity index (χ1v) is 9.92. The Morgan fingerprint density at radius 2 is 1.72 bits per heavy atom. The maximum Gasteiger partial charge on any atom is 0.257 e. The summed E-state index contributed by atoms with van der Waals surface area (Å²) in [7, 11) is 0. The van der Waals surface area contributed by atoms with Crippen molar-refractivity contribution in [3.63, 3.8) is 0 Å². The van der Waals surface area contributed by atoms with Gasteiger partial charge in [-0.25, -0.2) is 4.39 Å². The van der Waals surface area contributed by atoms with Crippen LogP contribution in [-0.2, 0) is 6.42 Å². The van der Waals surface area contributed by atoms with Gasteiger partial charge in [-0.1, -0.05) is 54.1 Å². The highest BCUT2D eigenvalue weighted by molar-refractivity contribution is 6.30. The summed E-state index contributed by atoms with van der Waals surface area (Å²) in [5.74, 6) is -0.817. The minimum atomic E-state index is -0.505. The lowest BCUT2D eigenvalue weighted by Gasteiger charge is -2.36. The number of fused-ring (bicyclic) bond motifs is 3. The van der Waals surface area contributed by atoms with E-state index >= 15 is 0 Å². The second kappa shape index (κ2) is 7.05. The molecule has 1 N–H and O–H groups in total. The summed E-state index contributed by atoms with van der Waals surface area (Å²) in [5.41, 5.74) is 4.25. The first-order chi connectivity index (χ1) is 14.1. The summed E-state index contributed by atoms with van der Waals surface area (Å²) in [4.78, 5) is 18.6. The van der Waals surface area contributed by atoms with Crippen molar-refractivity contribution in [2.24, 2.45) is 0 Å². The van der Waals surface area contributed by atoms with Crippen LogP contribution in [0.2, 0.25) is 5.02 Å². The van der Waals surface area contributed by atoms with E-state index in [2.05, 4.69) is 11.1 Å². The SMILES string of the molecule is O=C(c1ccccc1F)N1CCc2c([nH]c3ccccc23)[C@@H]1c1ccc(Cl)cc1. The summed E-state index contributed by atoms with van der Waals surface area (Å²) in [6.45, 7) is 0.509. The molecule has 1 aliphatic rings. The van der Waals surface area contributed by atoms with Crippen LogP contribution >= 0.6 is 11.6 Å². The number of rotatable bonds is 2. The third kappa shape index (κ3) is 3.00. The van der Waals surface area contributed by atoms with Gasteiger partial charge in [-0.3, -0.25) is 4.79 Å². The van der Waals surface area contributed by atoms with Crippen LogP contribution in [0.4, 0.5) is 4.39 Å². The number of amides is 1. The van der Waals surface area contributed by atoms with Gasteiger partial charge in [0.2, 0.25) is 0 Å². The van der Waals surface area contributed by atoms with E-state index in [1.807, 2.05) is 42.5 Å². The number of benzene rings is 3. The van der Waals surface area contributed by atoms with Crippen molar-refractivity contribution in [1.29, 1.82) is 0 Å². The molecule has 0 saturated carbocycles. The molecule has 0 bridgehead atoms. The molecule has 1 amide bonds. The van der Waals surface area contributed by atoms with Gasteiger partial charge in [0.25, 0.3) is 5.91 Å². The fraction of sp³-hybridized carbons (Fsp3) is 0.125. The van der Waals surface area contributed by atoms with Gasteiger partial charge in [-0.2, -0.15) is 0 Å². The number of carbonyl (C=O) groups excluding carboxylic acids is 1. The van der Waals surface area contributed by atoms with Crippen molar-refractivity contribution in [3.05, 3.63) is 106 Å². The van der Waals surface area contributed by atoms with Gasteiger partial charge in [0, 0.05) is 28.2 Å². The van der Waals surface area contributed by atoms with E-state index in [0.717, 1.165) is 16.8 Å². The van der Waals surface area contributed by atoms with Crippen LogP contribution in [0.15, 0.2) is 72.8 Å². The predicted octanol–water partition coefficient (Wildman–Crippen LogP) is 5.75.